The van der Waals surface area contributed by atoms with Gasteiger partial charge in [-0.1, -0.05) is 0 Å². The molecule has 0 atom stereocenters. The van der Waals surface area contributed by atoms with E-state index in [2.05, 4.69) is 20.4 Å². The van der Waals surface area contributed by atoms with Crippen molar-refractivity contribution < 1.29 is 4.74 Å². The van der Waals surface area contributed by atoms with Gasteiger partial charge in [-0.2, -0.15) is 5.10 Å². The molecule has 7 nitrogen and oxygen atoms in total. The maximum absolute atomic E-state index is 5.95. The second-order valence-corrected chi connectivity index (χ2v) is 5.55. The summed E-state index contributed by atoms with van der Waals surface area (Å²) in [5, 5.41) is 7.29. The monoisotopic (exact) mass is 324 g/mol. The number of nitrogens with two attached hydrogens (primary N) is 1. The molecule has 0 radical (unpaired) electrons. The largest absolute Gasteiger partial charge is 0.491 e. The quantitative estimate of drug-likeness (QED) is 0.556. The van der Waals surface area contributed by atoms with E-state index >= 15 is 0 Å². The minimum atomic E-state index is 0.148. The molecule has 0 bridgehead atoms. The minimum absolute atomic E-state index is 0.148. The normalized spacial score (nSPS) is 11.9. The van der Waals surface area contributed by atoms with Crippen LogP contribution < -0.4 is 15.8 Å². The molecule has 2 aromatic heterocycles. The van der Waals surface area contributed by atoms with Gasteiger partial charge in [-0.15, -0.1) is 0 Å². The van der Waals surface area contributed by atoms with Gasteiger partial charge in [-0.25, -0.2) is 14.5 Å². The van der Waals surface area contributed by atoms with Crippen molar-refractivity contribution in [3.8, 4) is 5.75 Å². The summed E-state index contributed by atoms with van der Waals surface area (Å²) in [7, 11) is 0. The number of aromatic nitrogens is 3. The van der Waals surface area contributed by atoms with Crippen LogP contribution >= 0.6 is 0 Å². The van der Waals surface area contributed by atoms with Gasteiger partial charge in [0.25, 0.3) is 0 Å². The molecule has 0 amide bonds. The predicted octanol–water partition coefficient (Wildman–Crippen LogP) is 2.44. The van der Waals surface area contributed by atoms with Crippen molar-refractivity contribution in [1.82, 2.24) is 14.6 Å². The van der Waals surface area contributed by atoms with Crippen LogP contribution in [0.25, 0.3) is 5.65 Å². The molecule has 0 saturated heterocycles. The van der Waals surface area contributed by atoms with E-state index in [-0.39, 0.29) is 6.10 Å². The number of benzene rings is 1. The first-order chi connectivity index (χ1) is 11.6. The Morgan fingerprint density at radius 1 is 1.21 bits per heavy atom. The number of hydrogen-bond donors (Lipinski definition) is 2. The first-order valence-electron chi connectivity index (χ1n) is 7.73. The number of hydrogen-bond acceptors (Lipinski definition) is 4. The van der Waals surface area contributed by atoms with Gasteiger partial charge in [0.1, 0.15) is 5.75 Å². The zero-order chi connectivity index (χ0) is 16.9. The maximum Gasteiger partial charge on any atom is 0.193 e. The smallest absolute Gasteiger partial charge is 0.193 e. The number of ether oxygens (including phenoxy) is 1. The Balaban J connectivity index is 1.65. The van der Waals surface area contributed by atoms with Crippen molar-refractivity contribution in [3.63, 3.8) is 0 Å². The summed E-state index contributed by atoms with van der Waals surface area (Å²) < 4.78 is 7.35. The van der Waals surface area contributed by atoms with Crippen molar-refractivity contribution >= 4 is 17.3 Å². The SMILES string of the molecule is CC(C)Oc1ccc(NC(N)=NCc2ccnc3ccnn23)cc1. The van der Waals surface area contributed by atoms with Gasteiger partial charge < -0.3 is 15.8 Å². The average molecular weight is 324 g/mol. The fourth-order valence-corrected chi connectivity index (χ4v) is 2.25. The molecule has 0 spiro atoms. The Hall–Kier alpha value is -3.09. The summed E-state index contributed by atoms with van der Waals surface area (Å²) in [6, 6.07) is 11.3. The van der Waals surface area contributed by atoms with Gasteiger partial charge in [0.2, 0.25) is 0 Å². The van der Waals surface area contributed by atoms with Crippen molar-refractivity contribution in [1.29, 1.82) is 0 Å². The molecule has 2 heterocycles. The van der Waals surface area contributed by atoms with Gasteiger partial charge in [0, 0.05) is 18.0 Å². The van der Waals surface area contributed by atoms with E-state index in [0.29, 0.717) is 12.5 Å². The number of nitrogens with one attached hydrogen (secondary N) is 1. The summed E-state index contributed by atoms with van der Waals surface area (Å²) >= 11 is 0. The number of rotatable bonds is 5. The summed E-state index contributed by atoms with van der Waals surface area (Å²) in [5.74, 6) is 1.16. The van der Waals surface area contributed by atoms with Gasteiger partial charge in [0.15, 0.2) is 11.6 Å². The van der Waals surface area contributed by atoms with Gasteiger partial charge >= 0.3 is 0 Å². The topological polar surface area (TPSA) is 89.8 Å². The van der Waals surface area contributed by atoms with Crippen LogP contribution in [0.3, 0.4) is 0 Å². The number of nitrogens with zero attached hydrogens (tertiary/aromatic N) is 4. The van der Waals surface area contributed by atoms with E-state index in [1.807, 2.05) is 50.2 Å². The van der Waals surface area contributed by atoms with Gasteiger partial charge in [-0.05, 0) is 44.2 Å². The van der Waals surface area contributed by atoms with E-state index < -0.39 is 0 Å². The lowest BCUT2D eigenvalue weighted by Gasteiger charge is -2.11. The molecule has 0 aliphatic carbocycles. The lowest BCUT2D eigenvalue weighted by molar-refractivity contribution is 0.242. The average Bonchev–Trinajstić information content (AvgIpc) is 3.03. The second kappa shape index (κ2) is 6.99. The third kappa shape index (κ3) is 3.81. The molecule has 0 fully saturated rings. The van der Waals surface area contributed by atoms with Crippen LogP contribution in [0.4, 0.5) is 5.69 Å². The zero-order valence-electron chi connectivity index (χ0n) is 13.7. The Labute approximate surface area is 140 Å². The highest BCUT2D eigenvalue weighted by Crippen LogP contribution is 2.16. The second-order valence-electron chi connectivity index (χ2n) is 5.55. The maximum atomic E-state index is 5.95. The molecule has 1 aromatic carbocycles. The number of anilines is 1. The number of guanidine groups is 1. The Morgan fingerprint density at radius 2 is 2.00 bits per heavy atom. The lowest BCUT2D eigenvalue weighted by atomic mass is 10.3. The predicted molar refractivity (Wildman–Crippen MR) is 94.1 cm³/mol. The van der Waals surface area contributed by atoms with Crippen LogP contribution in [0.2, 0.25) is 0 Å². The van der Waals surface area contributed by atoms with E-state index in [4.69, 9.17) is 10.5 Å². The van der Waals surface area contributed by atoms with E-state index in [1.54, 1.807) is 16.9 Å². The van der Waals surface area contributed by atoms with Crippen LogP contribution in [0, 0.1) is 0 Å². The third-order valence-electron chi connectivity index (χ3n) is 3.28. The van der Waals surface area contributed by atoms with E-state index in [0.717, 1.165) is 22.8 Å². The fraction of sp³-hybridized carbons (Fsp3) is 0.235. The van der Waals surface area contributed by atoms with Crippen LogP contribution in [-0.4, -0.2) is 26.7 Å². The Bertz CT molecular complexity index is 838. The molecule has 7 heteroatoms. The lowest BCUT2D eigenvalue weighted by Crippen LogP contribution is -2.22. The van der Waals surface area contributed by atoms with Crippen molar-refractivity contribution in [2.45, 2.75) is 26.5 Å². The molecule has 0 aliphatic rings. The van der Waals surface area contributed by atoms with Gasteiger partial charge in [0.05, 0.1) is 24.5 Å². The van der Waals surface area contributed by atoms with Crippen molar-refractivity contribution in [3.05, 3.63) is 54.5 Å². The van der Waals surface area contributed by atoms with Crippen LogP contribution in [0.1, 0.15) is 19.5 Å². The number of fused-ring (bicyclic) bond motifs is 1. The third-order valence-corrected chi connectivity index (χ3v) is 3.28. The molecule has 0 aliphatic heterocycles. The van der Waals surface area contributed by atoms with E-state index in [1.165, 1.54) is 0 Å². The highest BCUT2D eigenvalue weighted by atomic mass is 16.5. The van der Waals surface area contributed by atoms with Crippen LogP contribution in [0.15, 0.2) is 53.8 Å². The van der Waals surface area contributed by atoms with Crippen molar-refractivity contribution in [2.75, 3.05) is 5.32 Å². The molecule has 3 rings (SSSR count). The van der Waals surface area contributed by atoms with Crippen molar-refractivity contribution in [2.24, 2.45) is 10.7 Å². The standard InChI is InChI=1S/C17H20N6O/c1-12(2)24-15-5-3-13(4-6-15)22-17(18)20-11-14-7-9-19-16-8-10-21-23(14)16/h3-10,12H,11H2,1-2H3,(H3,18,20,22). The fourth-order valence-electron chi connectivity index (χ4n) is 2.25. The first kappa shape index (κ1) is 15.8. The highest BCUT2D eigenvalue weighted by molar-refractivity contribution is 5.92. The molecule has 0 unspecified atom stereocenters. The van der Waals surface area contributed by atoms with Crippen LogP contribution in [0.5, 0.6) is 5.75 Å². The Morgan fingerprint density at radius 3 is 2.75 bits per heavy atom. The number of aliphatic imine (C=N–C) groups is 1. The molecule has 24 heavy (non-hydrogen) atoms. The summed E-state index contributed by atoms with van der Waals surface area (Å²) in [5.41, 5.74) is 8.51. The summed E-state index contributed by atoms with van der Waals surface area (Å²) in [4.78, 5) is 8.57. The van der Waals surface area contributed by atoms with E-state index in [9.17, 15) is 0 Å². The molecule has 124 valence electrons. The van der Waals surface area contributed by atoms with Crippen LogP contribution in [-0.2, 0) is 6.54 Å². The first-order valence-corrected chi connectivity index (χ1v) is 7.73. The summed E-state index contributed by atoms with van der Waals surface area (Å²) in [6.45, 7) is 4.40. The Kier molecular flexibility index (Phi) is 4.60. The van der Waals surface area contributed by atoms with Gasteiger partial charge in [-0.3, -0.25) is 0 Å². The molecule has 3 N–H and O–H groups in total. The molecule has 0 saturated carbocycles. The summed E-state index contributed by atoms with van der Waals surface area (Å²) in [6.07, 6.45) is 3.59. The molecular formula is C17H20N6O. The zero-order valence-corrected chi connectivity index (χ0v) is 13.7. The highest BCUT2D eigenvalue weighted by Gasteiger charge is 2.02. The minimum Gasteiger partial charge on any atom is -0.491 e. The molecular weight excluding hydrogens is 304 g/mol. The molecule has 3 aromatic rings.